The van der Waals surface area contributed by atoms with Gasteiger partial charge in [0.1, 0.15) is 0 Å². The molecule has 1 aromatic carbocycles. The summed E-state index contributed by atoms with van der Waals surface area (Å²) >= 11 is 0. The van der Waals surface area contributed by atoms with Crippen LogP contribution in [0.25, 0.3) is 0 Å². The molecule has 2 aliphatic rings. The molecule has 2 aliphatic heterocycles. The van der Waals surface area contributed by atoms with Crippen LogP contribution in [0, 0.1) is 19.8 Å². The van der Waals surface area contributed by atoms with Gasteiger partial charge in [-0.15, -0.1) is 0 Å². The fourth-order valence-corrected chi connectivity index (χ4v) is 5.61. The molecular formula is C18H27NO4S. The fraction of sp³-hybridized carbons (Fsp3) is 0.667. The summed E-state index contributed by atoms with van der Waals surface area (Å²) in [5.41, 5.74) is 1.63. The Bertz CT molecular complexity index is 675. The van der Waals surface area contributed by atoms with Gasteiger partial charge in [-0.05, 0) is 62.8 Å². The maximum absolute atomic E-state index is 12.9. The summed E-state index contributed by atoms with van der Waals surface area (Å²) in [6.07, 6.45) is 1.93. The van der Waals surface area contributed by atoms with Crippen molar-refractivity contribution in [1.29, 1.82) is 0 Å². The summed E-state index contributed by atoms with van der Waals surface area (Å²) < 4.78 is 38.7. The van der Waals surface area contributed by atoms with Gasteiger partial charge in [-0.1, -0.05) is 6.07 Å². The zero-order chi connectivity index (χ0) is 17.4. The van der Waals surface area contributed by atoms with E-state index in [2.05, 4.69) is 0 Å². The third kappa shape index (κ3) is 3.25. The Morgan fingerprint density at radius 3 is 2.54 bits per heavy atom. The van der Waals surface area contributed by atoms with Crippen LogP contribution in [0.1, 0.15) is 30.9 Å². The quantitative estimate of drug-likeness (QED) is 0.738. The molecule has 0 aromatic heterocycles. The topological polar surface area (TPSA) is 55.8 Å². The smallest absolute Gasteiger partial charge is 0.243 e. The molecular weight excluding hydrogens is 326 g/mol. The molecule has 0 bridgehead atoms. The highest BCUT2D eigenvalue weighted by Crippen LogP contribution is 2.43. The largest absolute Gasteiger partial charge is 0.382 e. The van der Waals surface area contributed by atoms with E-state index < -0.39 is 10.0 Å². The summed E-state index contributed by atoms with van der Waals surface area (Å²) in [6, 6.07) is 5.48. The first-order chi connectivity index (χ1) is 11.4. The molecule has 0 aliphatic carbocycles. The Kier molecular flexibility index (Phi) is 5.02. The minimum atomic E-state index is -3.44. The van der Waals surface area contributed by atoms with Crippen LogP contribution in [-0.4, -0.2) is 51.2 Å². The standard InChI is InChI=1S/C18H27NO4S/c1-4-22-7-5-16-6-8-23-18(16)12-19(13-18)24(20,21)17-10-14(2)9-15(3)11-17/h9-11,16H,4-8,12-13H2,1-3H3/t16-/m1/s1. The van der Waals surface area contributed by atoms with Crippen molar-refractivity contribution < 1.29 is 17.9 Å². The molecule has 0 amide bonds. The van der Waals surface area contributed by atoms with E-state index in [1.807, 2.05) is 26.8 Å². The van der Waals surface area contributed by atoms with Gasteiger partial charge in [-0.25, -0.2) is 8.42 Å². The number of rotatable bonds is 6. The number of aryl methyl sites for hydroxylation is 2. The molecule has 3 rings (SSSR count). The van der Waals surface area contributed by atoms with Gasteiger partial charge < -0.3 is 9.47 Å². The zero-order valence-corrected chi connectivity index (χ0v) is 15.6. The molecule has 6 heteroatoms. The van der Waals surface area contributed by atoms with Crippen LogP contribution in [0.15, 0.2) is 23.1 Å². The lowest BCUT2D eigenvalue weighted by Crippen LogP contribution is -2.65. The molecule has 2 fully saturated rings. The van der Waals surface area contributed by atoms with Crippen molar-refractivity contribution in [3.05, 3.63) is 29.3 Å². The average Bonchev–Trinajstić information content (AvgIpc) is 2.89. The lowest BCUT2D eigenvalue weighted by atomic mass is 9.80. The van der Waals surface area contributed by atoms with E-state index in [1.54, 1.807) is 16.4 Å². The Morgan fingerprint density at radius 1 is 1.25 bits per heavy atom. The van der Waals surface area contributed by atoms with Crippen LogP contribution >= 0.6 is 0 Å². The number of ether oxygens (including phenoxy) is 2. The Hall–Kier alpha value is -0.950. The number of hydrogen-bond acceptors (Lipinski definition) is 4. The second kappa shape index (κ2) is 6.75. The van der Waals surface area contributed by atoms with E-state index in [9.17, 15) is 8.42 Å². The predicted molar refractivity (Wildman–Crippen MR) is 92.6 cm³/mol. The van der Waals surface area contributed by atoms with Crippen LogP contribution in [0.3, 0.4) is 0 Å². The minimum Gasteiger partial charge on any atom is -0.382 e. The Balaban J connectivity index is 1.70. The third-order valence-electron chi connectivity index (χ3n) is 5.14. The Morgan fingerprint density at radius 2 is 1.92 bits per heavy atom. The van der Waals surface area contributed by atoms with Crippen molar-refractivity contribution in [2.24, 2.45) is 5.92 Å². The van der Waals surface area contributed by atoms with Crippen molar-refractivity contribution in [1.82, 2.24) is 4.31 Å². The van der Waals surface area contributed by atoms with Gasteiger partial charge in [-0.2, -0.15) is 4.31 Å². The highest BCUT2D eigenvalue weighted by Gasteiger charge is 2.56. The van der Waals surface area contributed by atoms with Crippen LogP contribution < -0.4 is 0 Å². The van der Waals surface area contributed by atoms with Gasteiger partial charge in [0, 0.05) is 32.9 Å². The molecule has 0 N–H and O–H groups in total. The zero-order valence-electron chi connectivity index (χ0n) is 14.7. The van der Waals surface area contributed by atoms with E-state index in [1.165, 1.54) is 0 Å². The van der Waals surface area contributed by atoms with E-state index in [0.717, 1.165) is 30.6 Å². The van der Waals surface area contributed by atoms with Gasteiger partial charge in [0.05, 0.1) is 10.5 Å². The van der Waals surface area contributed by atoms with Crippen LogP contribution in [-0.2, 0) is 19.5 Å². The van der Waals surface area contributed by atoms with Crippen LogP contribution in [0.2, 0.25) is 0 Å². The van der Waals surface area contributed by atoms with Crippen molar-refractivity contribution in [2.45, 2.75) is 44.1 Å². The second-order valence-electron chi connectivity index (χ2n) is 6.98. The van der Waals surface area contributed by atoms with E-state index >= 15 is 0 Å². The van der Waals surface area contributed by atoms with E-state index in [0.29, 0.717) is 37.1 Å². The molecule has 1 spiro atoms. The molecule has 0 saturated carbocycles. The highest BCUT2D eigenvalue weighted by atomic mass is 32.2. The molecule has 0 radical (unpaired) electrons. The third-order valence-corrected chi connectivity index (χ3v) is 6.91. The van der Waals surface area contributed by atoms with Crippen LogP contribution in [0.5, 0.6) is 0 Å². The molecule has 5 nitrogen and oxygen atoms in total. The number of sulfonamides is 1. The lowest BCUT2D eigenvalue weighted by molar-refractivity contribution is -0.105. The van der Waals surface area contributed by atoms with Crippen LogP contribution in [0.4, 0.5) is 0 Å². The molecule has 1 atom stereocenters. The predicted octanol–water partition coefficient (Wildman–Crippen LogP) is 2.51. The molecule has 2 saturated heterocycles. The highest BCUT2D eigenvalue weighted by molar-refractivity contribution is 7.89. The maximum atomic E-state index is 12.9. The van der Waals surface area contributed by atoms with E-state index in [4.69, 9.17) is 9.47 Å². The molecule has 1 aromatic rings. The molecule has 134 valence electrons. The Labute approximate surface area is 145 Å². The van der Waals surface area contributed by atoms with Gasteiger partial charge in [0.2, 0.25) is 10.0 Å². The summed E-state index contributed by atoms with van der Waals surface area (Å²) in [7, 11) is -3.44. The first kappa shape index (κ1) is 17.9. The second-order valence-corrected chi connectivity index (χ2v) is 8.92. The first-order valence-corrected chi connectivity index (χ1v) is 10.1. The van der Waals surface area contributed by atoms with Gasteiger partial charge in [0.25, 0.3) is 0 Å². The van der Waals surface area contributed by atoms with Crippen molar-refractivity contribution in [3.63, 3.8) is 0 Å². The monoisotopic (exact) mass is 353 g/mol. The normalized spacial score (nSPS) is 23.5. The molecule has 0 unspecified atom stereocenters. The van der Waals surface area contributed by atoms with Gasteiger partial charge in [0.15, 0.2) is 0 Å². The molecule has 2 heterocycles. The number of nitrogens with zero attached hydrogens (tertiary/aromatic N) is 1. The van der Waals surface area contributed by atoms with Gasteiger partial charge in [-0.3, -0.25) is 0 Å². The number of hydrogen-bond donors (Lipinski definition) is 0. The number of benzene rings is 1. The lowest BCUT2D eigenvalue weighted by Gasteiger charge is -2.49. The summed E-state index contributed by atoms with van der Waals surface area (Å²) in [6.45, 7) is 8.90. The SMILES string of the molecule is CCOCC[C@@H]1CCOC12CN(S(=O)(=O)c1cc(C)cc(C)c1)C2. The van der Waals surface area contributed by atoms with Crippen molar-refractivity contribution in [3.8, 4) is 0 Å². The summed E-state index contributed by atoms with van der Waals surface area (Å²) in [5.74, 6) is 0.384. The fourth-order valence-electron chi connectivity index (χ4n) is 3.86. The van der Waals surface area contributed by atoms with E-state index in [-0.39, 0.29) is 5.60 Å². The first-order valence-electron chi connectivity index (χ1n) is 8.67. The average molecular weight is 353 g/mol. The van der Waals surface area contributed by atoms with Crippen molar-refractivity contribution in [2.75, 3.05) is 32.9 Å². The molecule has 24 heavy (non-hydrogen) atoms. The summed E-state index contributed by atoms with van der Waals surface area (Å²) in [5, 5.41) is 0. The van der Waals surface area contributed by atoms with Crippen molar-refractivity contribution >= 4 is 10.0 Å². The maximum Gasteiger partial charge on any atom is 0.243 e. The summed E-state index contributed by atoms with van der Waals surface area (Å²) in [4.78, 5) is 0.388. The van der Waals surface area contributed by atoms with Gasteiger partial charge >= 0.3 is 0 Å². The minimum absolute atomic E-state index is 0.303.